The zero-order chi connectivity index (χ0) is 14.4. The number of nitriles is 1. The number of hydrogen-bond donors (Lipinski definition) is 1. The molecule has 1 heterocycles. The molecule has 0 atom stereocenters. The molecule has 0 saturated heterocycles. The second-order valence-corrected chi connectivity index (χ2v) is 4.79. The van der Waals surface area contributed by atoms with Gasteiger partial charge in [-0.25, -0.2) is 4.98 Å². The average molecular weight is 266 g/mol. The molecule has 0 aliphatic carbocycles. The van der Waals surface area contributed by atoms with E-state index in [0.29, 0.717) is 5.56 Å². The van der Waals surface area contributed by atoms with Crippen LogP contribution in [0.5, 0.6) is 0 Å². The highest BCUT2D eigenvalue weighted by atomic mass is 15.1. The molecular weight excluding hydrogens is 248 g/mol. The predicted molar refractivity (Wildman–Crippen MR) is 80.1 cm³/mol. The number of nitrogens with one attached hydrogen (secondary N) is 1. The van der Waals surface area contributed by atoms with E-state index < -0.39 is 0 Å². The zero-order valence-electron chi connectivity index (χ0n) is 11.8. The smallest absolute Gasteiger partial charge is 0.125 e. The molecule has 0 fully saturated rings. The summed E-state index contributed by atoms with van der Waals surface area (Å²) in [5.41, 5.74) is 3.02. The first-order chi connectivity index (χ1) is 9.71. The third-order valence-corrected chi connectivity index (χ3v) is 3.04. The Morgan fingerprint density at radius 1 is 1.20 bits per heavy atom. The van der Waals surface area contributed by atoms with Crippen molar-refractivity contribution in [2.45, 2.75) is 13.1 Å². The Morgan fingerprint density at radius 3 is 2.65 bits per heavy atom. The highest BCUT2D eigenvalue weighted by Gasteiger charge is 2.03. The van der Waals surface area contributed by atoms with E-state index in [1.165, 1.54) is 5.56 Å². The van der Waals surface area contributed by atoms with Gasteiger partial charge in [0.05, 0.1) is 11.6 Å². The van der Waals surface area contributed by atoms with Gasteiger partial charge in [-0.15, -0.1) is 0 Å². The molecule has 0 unspecified atom stereocenters. The Hall–Kier alpha value is -2.38. The van der Waals surface area contributed by atoms with E-state index in [0.717, 1.165) is 24.5 Å². The van der Waals surface area contributed by atoms with Gasteiger partial charge in [-0.3, -0.25) is 4.90 Å². The van der Waals surface area contributed by atoms with Gasteiger partial charge in [0.1, 0.15) is 5.82 Å². The summed E-state index contributed by atoms with van der Waals surface area (Å²) in [4.78, 5) is 6.50. The Labute approximate surface area is 119 Å². The topological polar surface area (TPSA) is 52.0 Å². The van der Waals surface area contributed by atoms with E-state index in [1.54, 1.807) is 0 Å². The van der Waals surface area contributed by atoms with E-state index in [2.05, 4.69) is 34.4 Å². The molecule has 1 N–H and O–H groups in total. The van der Waals surface area contributed by atoms with Gasteiger partial charge in [-0.1, -0.05) is 18.2 Å². The van der Waals surface area contributed by atoms with Crippen molar-refractivity contribution in [1.29, 1.82) is 5.26 Å². The average Bonchev–Trinajstić information content (AvgIpc) is 2.48. The minimum Gasteiger partial charge on any atom is -0.373 e. The van der Waals surface area contributed by atoms with Crippen molar-refractivity contribution in [1.82, 2.24) is 9.88 Å². The summed E-state index contributed by atoms with van der Waals surface area (Å²) in [5.74, 6) is 0.873. The standard InChI is InChI=1S/C16H18N4/c1-18-16-7-6-15(10-19-16)12-20(2)11-14-5-3-4-13(8-14)9-17/h3-8,10H,11-12H2,1-2H3,(H,18,19). The van der Waals surface area contributed by atoms with Crippen LogP contribution in [0, 0.1) is 11.3 Å². The largest absolute Gasteiger partial charge is 0.373 e. The van der Waals surface area contributed by atoms with Crippen molar-refractivity contribution in [3.8, 4) is 6.07 Å². The van der Waals surface area contributed by atoms with Crippen LogP contribution in [0.2, 0.25) is 0 Å². The van der Waals surface area contributed by atoms with Crippen molar-refractivity contribution in [2.24, 2.45) is 0 Å². The third-order valence-electron chi connectivity index (χ3n) is 3.04. The Morgan fingerprint density at radius 2 is 2.00 bits per heavy atom. The maximum Gasteiger partial charge on any atom is 0.125 e. The minimum absolute atomic E-state index is 0.705. The molecule has 0 saturated carbocycles. The van der Waals surface area contributed by atoms with Gasteiger partial charge >= 0.3 is 0 Å². The summed E-state index contributed by atoms with van der Waals surface area (Å²) in [7, 11) is 3.92. The molecule has 1 aromatic carbocycles. The monoisotopic (exact) mass is 266 g/mol. The molecule has 2 aromatic rings. The fourth-order valence-electron chi connectivity index (χ4n) is 2.08. The molecule has 4 heteroatoms. The van der Waals surface area contributed by atoms with Crippen LogP contribution in [0.1, 0.15) is 16.7 Å². The lowest BCUT2D eigenvalue weighted by atomic mass is 10.1. The SMILES string of the molecule is CNc1ccc(CN(C)Cc2cccc(C#N)c2)cn1. The molecule has 0 aliphatic rings. The molecule has 0 amide bonds. The lowest BCUT2D eigenvalue weighted by Crippen LogP contribution is -2.17. The van der Waals surface area contributed by atoms with Gasteiger partial charge in [-0.2, -0.15) is 5.26 Å². The van der Waals surface area contributed by atoms with Crippen LogP contribution in [-0.4, -0.2) is 24.0 Å². The fraction of sp³-hybridized carbons (Fsp3) is 0.250. The molecule has 102 valence electrons. The second-order valence-electron chi connectivity index (χ2n) is 4.79. The number of aromatic nitrogens is 1. The van der Waals surface area contributed by atoms with Crippen LogP contribution in [0.3, 0.4) is 0 Å². The van der Waals surface area contributed by atoms with Crippen LogP contribution in [0.15, 0.2) is 42.6 Å². The first kappa shape index (κ1) is 14.0. The Kier molecular flexibility index (Phi) is 4.70. The number of nitrogens with zero attached hydrogens (tertiary/aromatic N) is 3. The van der Waals surface area contributed by atoms with Crippen LogP contribution in [-0.2, 0) is 13.1 Å². The van der Waals surface area contributed by atoms with Crippen LogP contribution < -0.4 is 5.32 Å². The lowest BCUT2D eigenvalue weighted by molar-refractivity contribution is 0.318. The van der Waals surface area contributed by atoms with Gasteiger partial charge in [0.2, 0.25) is 0 Å². The molecule has 1 aromatic heterocycles. The maximum atomic E-state index is 8.90. The van der Waals surface area contributed by atoms with E-state index >= 15 is 0 Å². The molecule has 0 spiro atoms. The van der Waals surface area contributed by atoms with E-state index in [-0.39, 0.29) is 0 Å². The number of hydrogen-bond acceptors (Lipinski definition) is 4. The van der Waals surface area contributed by atoms with Gasteiger partial charge in [0.25, 0.3) is 0 Å². The highest BCUT2D eigenvalue weighted by Crippen LogP contribution is 2.10. The number of benzene rings is 1. The van der Waals surface area contributed by atoms with Crippen LogP contribution in [0.25, 0.3) is 0 Å². The molecule has 4 nitrogen and oxygen atoms in total. The Bertz CT molecular complexity index is 599. The van der Waals surface area contributed by atoms with E-state index in [1.807, 2.05) is 43.6 Å². The van der Waals surface area contributed by atoms with Crippen molar-refractivity contribution in [2.75, 3.05) is 19.4 Å². The van der Waals surface area contributed by atoms with Crippen molar-refractivity contribution < 1.29 is 0 Å². The number of pyridine rings is 1. The zero-order valence-corrected chi connectivity index (χ0v) is 11.8. The molecular formula is C16H18N4. The van der Waals surface area contributed by atoms with Crippen LogP contribution in [0.4, 0.5) is 5.82 Å². The fourth-order valence-corrected chi connectivity index (χ4v) is 2.08. The van der Waals surface area contributed by atoms with Crippen LogP contribution >= 0.6 is 0 Å². The summed E-state index contributed by atoms with van der Waals surface area (Å²) in [6.45, 7) is 1.64. The Balaban J connectivity index is 1.97. The normalized spacial score (nSPS) is 10.3. The minimum atomic E-state index is 0.705. The molecule has 2 rings (SSSR count). The summed E-state index contributed by atoms with van der Waals surface area (Å²) in [6, 6.07) is 13.9. The second kappa shape index (κ2) is 6.69. The van der Waals surface area contributed by atoms with Crippen molar-refractivity contribution in [3.05, 3.63) is 59.3 Å². The first-order valence-corrected chi connectivity index (χ1v) is 6.51. The van der Waals surface area contributed by atoms with Gasteiger partial charge < -0.3 is 5.32 Å². The highest BCUT2D eigenvalue weighted by molar-refractivity contribution is 5.35. The lowest BCUT2D eigenvalue weighted by Gasteiger charge is -2.17. The summed E-state index contributed by atoms with van der Waals surface area (Å²) in [6.07, 6.45) is 1.88. The molecule has 20 heavy (non-hydrogen) atoms. The quantitative estimate of drug-likeness (QED) is 0.904. The molecule has 0 bridgehead atoms. The number of rotatable bonds is 5. The van der Waals surface area contributed by atoms with Gasteiger partial charge in [0, 0.05) is 26.3 Å². The van der Waals surface area contributed by atoms with Gasteiger partial charge in [0.15, 0.2) is 0 Å². The van der Waals surface area contributed by atoms with Gasteiger partial charge in [-0.05, 0) is 36.4 Å². The number of anilines is 1. The summed E-state index contributed by atoms with van der Waals surface area (Å²) < 4.78 is 0. The molecule has 0 aliphatic heterocycles. The molecule has 0 radical (unpaired) electrons. The van der Waals surface area contributed by atoms with E-state index in [4.69, 9.17) is 5.26 Å². The predicted octanol–water partition coefficient (Wildman–Crippen LogP) is 2.63. The summed E-state index contributed by atoms with van der Waals surface area (Å²) in [5, 5.41) is 11.9. The first-order valence-electron chi connectivity index (χ1n) is 6.51. The van der Waals surface area contributed by atoms with Crippen molar-refractivity contribution in [3.63, 3.8) is 0 Å². The third kappa shape index (κ3) is 3.81. The summed E-state index contributed by atoms with van der Waals surface area (Å²) >= 11 is 0. The van der Waals surface area contributed by atoms with Crippen molar-refractivity contribution >= 4 is 5.82 Å². The van der Waals surface area contributed by atoms with E-state index in [9.17, 15) is 0 Å². The maximum absolute atomic E-state index is 8.90.